The Balaban J connectivity index is 2.29. The summed E-state index contributed by atoms with van der Waals surface area (Å²) in [6, 6.07) is 12.0. The van der Waals surface area contributed by atoms with Gasteiger partial charge < -0.3 is 5.73 Å². The van der Waals surface area contributed by atoms with Gasteiger partial charge >= 0.3 is 0 Å². The third kappa shape index (κ3) is 2.93. The molecule has 0 saturated carbocycles. The van der Waals surface area contributed by atoms with Crippen LogP contribution >= 0.6 is 34.8 Å². The van der Waals surface area contributed by atoms with Gasteiger partial charge in [0.25, 0.3) is 0 Å². The zero-order valence-corrected chi connectivity index (χ0v) is 13.9. The Morgan fingerprint density at radius 3 is 2.26 bits per heavy atom. The van der Waals surface area contributed by atoms with Crippen LogP contribution in [0.2, 0.25) is 15.1 Å². The molecular formula is C16H10Cl3N3O. The third-order valence-corrected chi connectivity index (χ3v) is 4.11. The number of halogens is 3. The van der Waals surface area contributed by atoms with Gasteiger partial charge in [0.05, 0.1) is 22.0 Å². The lowest BCUT2D eigenvalue weighted by Gasteiger charge is -2.10. The molecule has 3 aromatic rings. The van der Waals surface area contributed by atoms with Crippen molar-refractivity contribution >= 4 is 46.9 Å². The van der Waals surface area contributed by atoms with Crippen LogP contribution in [0.5, 0.6) is 0 Å². The van der Waals surface area contributed by atoms with Crippen molar-refractivity contribution < 1.29 is 4.79 Å². The number of hydrogen-bond acceptors (Lipinski definition) is 3. The average molecular weight is 367 g/mol. The molecule has 0 aliphatic carbocycles. The second-order valence-corrected chi connectivity index (χ2v) is 6.06. The minimum atomic E-state index is 0.121. The van der Waals surface area contributed by atoms with Crippen molar-refractivity contribution in [3.63, 3.8) is 0 Å². The molecule has 4 nitrogen and oxygen atoms in total. The quantitative estimate of drug-likeness (QED) is 0.671. The summed E-state index contributed by atoms with van der Waals surface area (Å²) in [4.78, 5) is 11.5. The minimum Gasteiger partial charge on any atom is -0.382 e. The van der Waals surface area contributed by atoms with Crippen molar-refractivity contribution in [2.45, 2.75) is 0 Å². The summed E-state index contributed by atoms with van der Waals surface area (Å²) in [5.41, 5.74) is 8.02. The monoisotopic (exact) mass is 365 g/mol. The number of aromatic nitrogens is 2. The van der Waals surface area contributed by atoms with Crippen LogP contribution in [0, 0.1) is 0 Å². The number of nitrogen functional groups attached to an aromatic ring is 1. The maximum Gasteiger partial charge on any atom is 0.157 e. The van der Waals surface area contributed by atoms with Crippen LogP contribution in [-0.2, 0) is 0 Å². The van der Waals surface area contributed by atoms with Crippen molar-refractivity contribution in [3.05, 3.63) is 63.1 Å². The van der Waals surface area contributed by atoms with E-state index in [0.29, 0.717) is 38.3 Å². The van der Waals surface area contributed by atoms with Crippen LogP contribution in [0.1, 0.15) is 10.4 Å². The van der Waals surface area contributed by atoms with Gasteiger partial charge in [-0.25, -0.2) is 4.68 Å². The van der Waals surface area contributed by atoms with Gasteiger partial charge in [0.15, 0.2) is 12.1 Å². The number of carbonyl (C=O) groups excluding carboxylic acids is 1. The van der Waals surface area contributed by atoms with E-state index in [-0.39, 0.29) is 5.82 Å². The summed E-state index contributed by atoms with van der Waals surface area (Å²) in [6.07, 6.45) is 0.673. The Labute approximate surface area is 147 Å². The lowest BCUT2D eigenvalue weighted by atomic mass is 10.1. The van der Waals surface area contributed by atoms with Crippen LogP contribution in [-0.4, -0.2) is 16.1 Å². The number of nitrogens with zero attached hydrogens (tertiary/aromatic N) is 2. The van der Waals surface area contributed by atoms with Crippen LogP contribution in [0.4, 0.5) is 5.82 Å². The molecule has 2 aromatic carbocycles. The normalized spacial score (nSPS) is 10.7. The van der Waals surface area contributed by atoms with Crippen molar-refractivity contribution in [2.75, 3.05) is 5.73 Å². The van der Waals surface area contributed by atoms with Crippen molar-refractivity contribution in [2.24, 2.45) is 0 Å². The summed E-state index contributed by atoms with van der Waals surface area (Å²) in [5, 5.41) is 5.73. The van der Waals surface area contributed by atoms with E-state index in [2.05, 4.69) is 5.10 Å². The fourth-order valence-electron chi connectivity index (χ4n) is 2.28. The second kappa shape index (κ2) is 6.24. The predicted molar refractivity (Wildman–Crippen MR) is 93.8 cm³/mol. The maximum atomic E-state index is 11.5. The predicted octanol–water partition coefficient (Wildman–Crippen LogP) is 4.89. The fourth-order valence-corrected chi connectivity index (χ4v) is 2.89. The van der Waals surface area contributed by atoms with E-state index < -0.39 is 0 Å². The van der Waals surface area contributed by atoms with Crippen LogP contribution in [0.25, 0.3) is 16.9 Å². The van der Waals surface area contributed by atoms with Crippen molar-refractivity contribution in [1.29, 1.82) is 0 Å². The summed E-state index contributed by atoms with van der Waals surface area (Å²) in [5.74, 6) is 0.121. The number of anilines is 1. The van der Waals surface area contributed by atoms with Crippen LogP contribution in [0.15, 0.2) is 42.5 Å². The molecule has 7 heteroatoms. The number of hydrogen-bond donors (Lipinski definition) is 1. The molecule has 2 N–H and O–H groups in total. The molecule has 1 aromatic heterocycles. The van der Waals surface area contributed by atoms with Gasteiger partial charge in [0, 0.05) is 15.6 Å². The maximum absolute atomic E-state index is 11.5. The van der Waals surface area contributed by atoms with E-state index in [1.54, 1.807) is 42.5 Å². The molecule has 116 valence electrons. The molecule has 0 unspecified atom stereocenters. The first kappa shape index (κ1) is 15.9. The second-order valence-electron chi connectivity index (χ2n) is 4.78. The Morgan fingerprint density at radius 1 is 1.00 bits per heavy atom. The molecule has 0 spiro atoms. The Hall–Kier alpha value is -2.01. The molecule has 0 bridgehead atoms. The molecule has 0 saturated heterocycles. The zero-order chi connectivity index (χ0) is 16.6. The molecule has 23 heavy (non-hydrogen) atoms. The lowest BCUT2D eigenvalue weighted by molar-refractivity contribution is 0.112. The topological polar surface area (TPSA) is 60.9 Å². The standard InChI is InChI=1S/C16H10Cl3N3O/c17-10-3-1-9(2-4-10)15-12(8-23)16(20)21-22(15)14-6-5-11(18)7-13(14)19/h1-8H,(H2,20,21). The summed E-state index contributed by atoms with van der Waals surface area (Å²) < 4.78 is 1.53. The molecule has 0 fully saturated rings. The first-order valence-corrected chi connectivity index (χ1v) is 7.69. The average Bonchev–Trinajstić information content (AvgIpc) is 2.84. The molecule has 3 rings (SSSR count). The summed E-state index contributed by atoms with van der Waals surface area (Å²) >= 11 is 18.1. The van der Waals surface area contributed by atoms with Gasteiger partial charge in [0.1, 0.15) is 0 Å². The van der Waals surface area contributed by atoms with E-state index in [4.69, 9.17) is 40.5 Å². The van der Waals surface area contributed by atoms with Crippen LogP contribution in [0.3, 0.4) is 0 Å². The highest BCUT2D eigenvalue weighted by molar-refractivity contribution is 6.35. The molecular weight excluding hydrogens is 357 g/mol. The molecule has 0 atom stereocenters. The van der Waals surface area contributed by atoms with Crippen LogP contribution < -0.4 is 5.73 Å². The summed E-state index contributed by atoms with van der Waals surface area (Å²) in [6.45, 7) is 0. The minimum absolute atomic E-state index is 0.121. The number of benzene rings is 2. The molecule has 0 radical (unpaired) electrons. The van der Waals surface area contributed by atoms with Gasteiger partial charge in [0.2, 0.25) is 0 Å². The van der Waals surface area contributed by atoms with E-state index in [1.165, 1.54) is 4.68 Å². The largest absolute Gasteiger partial charge is 0.382 e. The molecule has 0 aliphatic heterocycles. The smallest absolute Gasteiger partial charge is 0.157 e. The Bertz CT molecular complexity index is 888. The van der Waals surface area contributed by atoms with Gasteiger partial charge in [-0.2, -0.15) is 0 Å². The van der Waals surface area contributed by atoms with Gasteiger partial charge in [-0.1, -0.05) is 46.9 Å². The SMILES string of the molecule is Nc1nn(-c2ccc(Cl)cc2Cl)c(-c2ccc(Cl)cc2)c1C=O. The Morgan fingerprint density at radius 2 is 1.65 bits per heavy atom. The van der Waals surface area contributed by atoms with Gasteiger partial charge in [-0.15, -0.1) is 5.10 Å². The van der Waals surface area contributed by atoms with E-state index in [9.17, 15) is 4.79 Å². The van der Waals surface area contributed by atoms with Crippen molar-refractivity contribution in [3.8, 4) is 16.9 Å². The van der Waals surface area contributed by atoms with E-state index in [0.717, 1.165) is 5.56 Å². The number of aldehydes is 1. The molecule has 0 amide bonds. The van der Waals surface area contributed by atoms with E-state index in [1.807, 2.05) is 0 Å². The Kier molecular flexibility index (Phi) is 4.31. The summed E-state index contributed by atoms with van der Waals surface area (Å²) in [7, 11) is 0. The number of nitrogens with two attached hydrogens (primary N) is 1. The fraction of sp³-hybridized carbons (Fsp3) is 0. The van der Waals surface area contributed by atoms with Gasteiger partial charge in [-0.3, -0.25) is 4.79 Å². The first-order valence-electron chi connectivity index (χ1n) is 6.56. The first-order chi connectivity index (χ1) is 11.0. The third-order valence-electron chi connectivity index (χ3n) is 3.32. The van der Waals surface area contributed by atoms with Gasteiger partial charge in [-0.05, 0) is 30.3 Å². The van der Waals surface area contributed by atoms with E-state index >= 15 is 0 Å². The highest BCUT2D eigenvalue weighted by Gasteiger charge is 2.20. The van der Waals surface area contributed by atoms with Crippen molar-refractivity contribution in [1.82, 2.24) is 9.78 Å². The molecule has 1 heterocycles. The zero-order valence-electron chi connectivity index (χ0n) is 11.6. The highest BCUT2D eigenvalue weighted by atomic mass is 35.5. The highest BCUT2D eigenvalue weighted by Crippen LogP contribution is 2.33. The lowest BCUT2D eigenvalue weighted by Crippen LogP contribution is -2.01. The number of carbonyl (C=O) groups is 1. The number of rotatable bonds is 3. The molecule has 0 aliphatic rings.